The van der Waals surface area contributed by atoms with E-state index in [4.69, 9.17) is 4.74 Å². The van der Waals surface area contributed by atoms with E-state index in [2.05, 4.69) is 28.2 Å². The van der Waals surface area contributed by atoms with Crippen LogP contribution >= 0.6 is 27.3 Å². The van der Waals surface area contributed by atoms with Gasteiger partial charge in [-0.15, -0.1) is 11.3 Å². The predicted octanol–water partition coefficient (Wildman–Crippen LogP) is 3.06. The molecule has 0 fully saturated rings. The summed E-state index contributed by atoms with van der Waals surface area (Å²) in [6.45, 7) is 4.25. The van der Waals surface area contributed by atoms with Gasteiger partial charge in [-0.1, -0.05) is 6.92 Å². The van der Waals surface area contributed by atoms with E-state index in [9.17, 15) is 4.79 Å². The first kappa shape index (κ1) is 13.7. The van der Waals surface area contributed by atoms with Gasteiger partial charge in [-0.05, 0) is 40.9 Å². The van der Waals surface area contributed by atoms with Crippen LogP contribution in [-0.4, -0.2) is 25.7 Å². The number of hydrogen-bond acceptors (Lipinski definition) is 3. The van der Waals surface area contributed by atoms with E-state index >= 15 is 0 Å². The van der Waals surface area contributed by atoms with Crippen LogP contribution in [0.5, 0.6) is 0 Å². The molecule has 3 nitrogen and oxygen atoms in total. The monoisotopic (exact) mass is 305 g/mol. The number of hydrogen-bond donors (Lipinski definition) is 1. The molecule has 1 rings (SSSR count). The van der Waals surface area contributed by atoms with Crippen LogP contribution < -0.4 is 5.32 Å². The van der Waals surface area contributed by atoms with E-state index in [1.807, 2.05) is 12.1 Å². The van der Waals surface area contributed by atoms with Crippen LogP contribution in [0.4, 0.5) is 0 Å². The zero-order chi connectivity index (χ0) is 11.8. The maximum atomic E-state index is 11.6. The van der Waals surface area contributed by atoms with Gasteiger partial charge in [-0.25, -0.2) is 0 Å². The average Bonchev–Trinajstić information content (AvgIpc) is 2.70. The maximum absolute atomic E-state index is 11.6. The Kier molecular flexibility index (Phi) is 6.68. The molecular formula is C11H16BrNO2S. The molecule has 1 aromatic heterocycles. The second-order valence-electron chi connectivity index (χ2n) is 3.33. The Bertz CT molecular complexity index is 328. The molecule has 1 amide bonds. The van der Waals surface area contributed by atoms with Crippen molar-refractivity contribution < 1.29 is 9.53 Å². The SMILES string of the molecule is CCCOCCCNC(=O)c1ccc(Br)s1. The minimum absolute atomic E-state index is 0.00816. The fourth-order valence-electron chi connectivity index (χ4n) is 1.15. The second kappa shape index (κ2) is 7.81. The molecule has 0 aromatic carbocycles. The quantitative estimate of drug-likeness (QED) is 0.786. The molecular weight excluding hydrogens is 290 g/mol. The third kappa shape index (κ3) is 5.09. The third-order valence-electron chi connectivity index (χ3n) is 1.90. The highest BCUT2D eigenvalue weighted by molar-refractivity contribution is 9.11. The molecule has 0 bridgehead atoms. The average molecular weight is 306 g/mol. The van der Waals surface area contributed by atoms with Crippen molar-refractivity contribution in [3.63, 3.8) is 0 Å². The van der Waals surface area contributed by atoms with Gasteiger partial charge < -0.3 is 10.1 Å². The van der Waals surface area contributed by atoms with Crippen LogP contribution in [0.25, 0.3) is 0 Å². The number of ether oxygens (including phenoxy) is 1. The fraction of sp³-hybridized carbons (Fsp3) is 0.545. The standard InChI is InChI=1S/C11H16BrNO2S/c1-2-7-15-8-3-6-13-11(14)9-4-5-10(12)16-9/h4-5H,2-3,6-8H2,1H3,(H,13,14). The van der Waals surface area contributed by atoms with Crippen molar-refractivity contribution in [1.82, 2.24) is 5.32 Å². The van der Waals surface area contributed by atoms with Crippen LogP contribution in [0.2, 0.25) is 0 Å². The molecule has 0 atom stereocenters. The molecule has 0 unspecified atom stereocenters. The number of rotatable bonds is 7. The number of nitrogens with one attached hydrogen (secondary N) is 1. The van der Waals surface area contributed by atoms with Crippen molar-refractivity contribution in [1.29, 1.82) is 0 Å². The van der Waals surface area contributed by atoms with Gasteiger partial charge in [0.05, 0.1) is 8.66 Å². The van der Waals surface area contributed by atoms with Gasteiger partial charge in [-0.3, -0.25) is 4.79 Å². The summed E-state index contributed by atoms with van der Waals surface area (Å²) in [5, 5.41) is 2.86. The lowest BCUT2D eigenvalue weighted by Gasteiger charge is -2.04. The Morgan fingerprint density at radius 3 is 2.94 bits per heavy atom. The minimum Gasteiger partial charge on any atom is -0.381 e. The Hall–Kier alpha value is -0.390. The lowest BCUT2D eigenvalue weighted by atomic mass is 10.4. The van der Waals surface area contributed by atoms with Gasteiger partial charge in [0.25, 0.3) is 5.91 Å². The summed E-state index contributed by atoms with van der Waals surface area (Å²) < 4.78 is 6.29. The first-order valence-electron chi connectivity index (χ1n) is 5.35. The van der Waals surface area contributed by atoms with Crippen LogP contribution in [0.1, 0.15) is 29.4 Å². The van der Waals surface area contributed by atoms with Crippen molar-refractivity contribution in [2.24, 2.45) is 0 Å². The zero-order valence-electron chi connectivity index (χ0n) is 9.29. The first-order valence-corrected chi connectivity index (χ1v) is 6.96. The van der Waals surface area contributed by atoms with Crippen LogP contribution in [-0.2, 0) is 4.74 Å². The van der Waals surface area contributed by atoms with E-state index in [0.717, 1.165) is 28.1 Å². The number of amides is 1. The van der Waals surface area contributed by atoms with Gasteiger partial charge in [0.1, 0.15) is 0 Å². The van der Waals surface area contributed by atoms with E-state index in [-0.39, 0.29) is 5.91 Å². The Labute approximate surface area is 108 Å². The Balaban J connectivity index is 2.11. The highest BCUT2D eigenvalue weighted by atomic mass is 79.9. The molecule has 90 valence electrons. The summed E-state index contributed by atoms with van der Waals surface area (Å²) in [7, 11) is 0. The third-order valence-corrected chi connectivity index (χ3v) is 3.52. The lowest BCUT2D eigenvalue weighted by Crippen LogP contribution is -2.24. The van der Waals surface area contributed by atoms with E-state index in [1.165, 1.54) is 11.3 Å². The summed E-state index contributed by atoms with van der Waals surface area (Å²) in [4.78, 5) is 12.3. The number of thiophene rings is 1. The minimum atomic E-state index is -0.00816. The van der Waals surface area contributed by atoms with Crippen LogP contribution in [0, 0.1) is 0 Å². The molecule has 16 heavy (non-hydrogen) atoms. The summed E-state index contributed by atoms with van der Waals surface area (Å²) >= 11 is 4.77. The van der Waals surface area contributed by atoms with Crippen molar-refractivity contribution in [2.75, 3.05) is 19.8 Å². The molecule has 1 N–H and O–H groups in total. The topological polar surface area (TPSA) is 38.3 Å². The summed E-state index contributed by atoms with van der Waals surface area (Å²) in [5.74, 6) is -0.00816. The molecule has 0 aliphatic rings. The predicted molar refractivity (Wildman–Crippen MR) is 70.1 cm³/mol. The van der Waals surface area contributed by atoms with Crippen molar-refractivity contribution in [3.8, 4) is 0 Å². The smallest absolute Gasteiger partial charge is 0.261 e. The Morgan fingerprint density at radius 2 is 2.31 bits per heavy atom. The summed E-state index contributed by atoms with van der Waals surface area (Å²) in [6, 6.07) is 3.70. The lowest BCUT2D eigenvalue weighted by molar-refractivity contribution is 0.0945. The first-order chi connectivity index (χ1) is 7.74. The molecule has 1 heterocycles. The zero-order valence-corrected chi connectivity index (χ0v) is 11.7. The molecule has 1 aromatic rings. The molecule has 0 spiro atoms. The van der Waals surface area contributed by atoms with Gasteiger partial charge in [-0.2, -0.15) is 0 Å². The van der Waals surface area contributed by atoms with Crippen molar-refractivity contribution in [3.05, 3.63) is 20.8 Å². The van der Waals surface area contributed by atoms with Crippen molar-refractivity contribution in [2.45, 2.75) is 19.8 Å². The largest absolute Gasteiger partial charge is 0.381 e. The van der Waals surface area contributed by atoms with E-state index < -0.39 is 0 Å². The molecule has 0 aliphatic heterocycles. The Morgan fingerprint density at radius 1 is 1.50 bits per heavy atom. The molecule has 5 heteroatoms. The highest BCUT2D eigenvalue weighted by Crippen LogP contribution is 2.21. The van der Waals surface area contributed by atoms with Gasteiger partial charge in [0.2, 0.25) is 0 Å². The normalized spacial score (nSPS) is 10.4. The second-order valence-corrected chi connectivity index (χ2v) is 5.79. The van der Waals surface area contributed by atoms with E-state index in [0.29, 0.717) is 13.2 Å². The van der Waals surface area contributed by atoms with Crippen LogP contribution in [0.3, 0.4) is 0 Å². The summed E-state index contributed by atoms with van der Waals surface area (Å²) in [6.07, 6.45) is 1.90. The van der Waals surface area contributed by atoms with Gasteiger partial charge >= 0.3 is 0 Å². The highest BCUT2D eigenvalue weighted by Gasteiger charge is 2.06. The number of carbonyl (C=O) groups excluding carboxylic acids is 1. The van der Waals surface area contributed by atoms with Crippen LogP contribution in [0.15, 0.2) is 15.9 Å². The number of carbonyl (C=O) groups is 1. The van der Waals surface area contributed by atoms with Crippen molar-refractivity contribution >= 4 is 33.2 Å². The molecule has 0 saturated carbocycles. The fourth-order valence-corrected chi connectivity index (χ4v) is 2.45. The summed E-state index contributed by atoms with van der Waals surface area (Å²) in [5.41, 5.74) is 0. The maximum Gasteiger partial charge on any atom is 0.261 e. The number of halogens is 1. The van der Waals surface area contributed by atoms with Gasteiger partial charge in [0.15, 0.2) is 0 Å². The molecule has 0 aliphatic carbocycles. The molecule has 0 radical (unpaired) electrons. The molecule has 0 saturated heterocycles. The van der Waals surface area contributed by atoms with Gasteiger partial charge in [0, 0.05) is 19.8 Å². The van der Waals surface area contributed by atoms with E-state index in [1.54, 1.807) is 0 Å².